The van der Waals surface area contributed by atoms with Crippen LogP contribution in [0.2, 0.25) is 0 Å². The van der Waals surface area contributed by atoms with Gasteiger partial charge in [-0.25, -0.2) is 9.18 Å². The van der Waals surface area contributed by atoms with Gasteiger partial charge in [0, 0.05) is 30.3 Å². The summed E-state index contributed by atoms with van der Waals surface area (Å²) in [5.41, 5.74) is 7.19. The first-order valence-electron chi connectivity index (χ1n) is 9.50. The van der Waals surface area contributed by atoms with Gasteiger partial charge in [-0.3, -0.25) is 9.20 Å². The second-order valence-corrected chi connectivity index (χ2v) is 8.06. The first-order chi connectivity index (χ1) is 12.7. The van der Waals surface area contributed by atoms with Gasteiger partial charge < -0.3 is 16.5 Å². The highest BCUT2D eigenvalue weighted by atomic mass is 19.1. The van der Waals surface area contributed by atoms with Gasteiger partial charge in [-0.05, 0) is 51.9 Å². The zero-order valence-electron chi connectivity index (χ0n) is 16.0. The Bertz CT molecular complexity index is 1050. The van der Waals surface area contributed by atoms with Crippen LogP contribution < -0.4 is 27.7 Å². The highest BCUT2D eigenvalue weighted by Gasteiger charge is 2.35. The standard InChI is InChI=1S/C19H26FN5O2/c1-9-16-14(12-4-5-12)18(26)25(22)19(27)24(16)11(3)15(20)17(9)23-7-6-13(8-23)10(2)21/h10,12-13H,4-8,21-22H2,1-3H3. The minimum absolute atomic E-state index is 0.0361. The Morgan fingerprint density at radius 2 is 1.85 bits per heavy atom. The van der Waals surface area contributed by atoms with E-state index >= 15 is 4.39 Å². The van der Waals surface area contributed by atoms with Crippen LogP contribution >= 0.6 is 0 Å². The molecule has 1 aliphatic carbocycles. The first-order valence-corrected chi connectivity index (χ1v) is 9.50. The number of hydrogen-bond donors (Lipinski definition) is 2. The van der Waals surface area contributed by atoms with Gasteiger partial charge in [0.1, 0.15) is 0 Å². The van der Waals surface area contributed by atoms with Crippen molar-refractivity contribution in [2.45, 2.75) is 52.0 Å². The fourth-order valence-electron chi connectivity index (χ4n) is 4.40. The molecule has 1 aliphatic heterocycles. The van der Waals surface area contributed by atoms with Gasteiger partial charge in [0.2, 0.25) is 0 Å². The van der Waals surface area contributed by atoms with Crippen LogP contribution in [0.25, 0.3) is 5.52 Å². The predicted molar refractivity (Wildman–Crippen MR) is 103 cm³/mol. The van der Waals surface area contributed by atoms with Gasteiger partial charge in [0.05, 0.1) is 16.9 Å². The third kappa shape index (κ3) is 2.57. The van der Waals surface area contributed by atoms with E-state index in [4.69, 9.17) is 11.6 Å². The van der Waals surface area contributed by atoms with E-state index in [1.54, 1.807) is 13.8 Å². The maximum Gasteiger partial charge on any atom is 0.354 e. The molecule has 0 radical (unpaired) electrons. The summed E-state index contributed by atoms with van der Waals surface area (Å²) in [6.45, 7) is 6.70. The number of nitrogens with zero attached hydrogens (tertiary/aromatic N) is 3. The maximum absolute atomic E-state index is 15.4. The second kappa shape index (κ2) is 6.09. The maximum atomic E-state index is 15.4. The normalized spacial score (nSPS) is 21.2. The third-order valence-corrected chi connectivity index (χ3v) is 6.17. The van der Waals surface area contributed by atoms with Crippen molar-refractivity contribution in [2.75, 3.05) is 23.8 Å². The molecular weight excluding hydrogens is 349 g/mol. The zero-order chi connectivity index (χ0) is 19.6. The summed E-state index contributed by atoms with van der Waals surface area (Å²) >= 11 is 0. The molecule has 2 fully saturated rings. The predicted octanol–water partition coefficient (Wildman–Crippen LogP) is 0.982. The van der Waals surface area contributed by atoms with E-state index in [9.17, 15) is 9.59 Å². The monoisotopic (exact) mass is 375 g/mol. The molecule has 3 heterocycles. The summed E-state index contributed by atoms with van der Waals surface area (Å²) in [7, 11) is 0. The summed E-state index contributed by atoms with van der Waals surface area (Å²) in [4.78, 5) is 27.4. The Morgan fingerprint density at radius 3 is 2.41 bits per heavy atom. The third-order valence-electron chi connectivity index (χ3n) is 6.17. The van der Waals surface area contributed by atoms with Crippen LogP contribution in [0.4, 0.5) is 10.1 Å². The Kier molecular flexibility index (Phi) is 4.06. The molecule has 0 spiro atoms. The highest BCUT2D eigenvalue weighted by molar-refractivity contribution is 5.73. The number of halogens is 1. The number of aryl methyl sites for hydroxylation is 2. The van der Waals surface area contributed by atoms with Crippen molar-refractivity contribution in [1.29, 1.82) is 0 Å². The van der Waals surface area contributed by atoms with Gasteiger partial charge in [-0.15, -0.1) is 0 Å². The van der Waals surface area contributed by atoms with Crippen LogP contribution in [-0.4, -0.2) is 28.2 Å². The van der Waals surface area contributed by atoms with Gasteiger partial charge in [0.25, 0.3) is 5.56 Å². The molecule has 2 aliphatic rings. The minimum Gasteiger partial charge on any atom is -0.368 e. The molecule has 7 nitrogen and oxygen atoms in total. The molecule has 146 valence electrons. The number of pyridine rings is 1. The van der Waals surface area contributed by atoms with Gasteiger partial charge in [-0.2, -0.15) is 4.68 Å². The molecular formula is C19H26FN5O2. The first kappa shape index (κ1) is 18.0. The number of aromatic nitrogens is 2. The Hall–Kier alpha value is -2.35. The SMILES string of the molecule is Cc1c(N2CCC(C(C)N)C2)c(F)c(C)n2c(=O)n(N)c(=O)c(C3CC3)c12. The van der Waals surface area contributed by atoms with E-state index in [1.165, 1.54) is 4.40 Å². The molecule has 2 aromatic rings. The summed E-state index contributed by atoms with van der Waals surface area (Å²) in [5.74, 6) is 5.65. The molecule has 0 amide bonds. The molecule has 1 saturated heterocycles. The Labute approximate surface area is 156 Å². The summed E-state index contributed by atoms with van der Waals surface area (Å²) in [6.07, 6.45) is 2.66. The summed E-state index contributed by atoms with van der Waals surface area (Å²) in [5, 5.41) is 0. The lowest BCUT2D eigenvalue weighted by Crippen LogP contribution is -2.45. The molecule has 0 aromatic carbocycles. The molecule has 2 atom stereocenters. The van der Waals surface area contributed by atoms with Crippen molar-refractivity contribution in [3.8, 4) is 0 Å². The largest absolute Gasteiger partial charge is 0.368 e. The molecule has 4 rings (SSSR count). The lowest BCUT2D eigenvalue weighted by atomic mass is 10.0. The highest BCUT2D eigenvalue weighted by Crippen LogP contribution is 2.42. The van der Waals surface area contributed by atoms with Crippen LogP contribution in [-0.2, 0) is 0 Å². The van der Waals surface area contributed by atoms with E-state index in [1.807, 2.05) is 11.8 Å². The van der Waals surface area contributed by atoms with Crippen LogP contribution in [0.1, 0.15) is 48.9 Å². The molecule has 27 heavy (non-hydrogen) atoms. The van der Waals surface area contributed by atoms with Crippen molar-refractivity contribution in [1.82, 2.24) is 9.08 Å². The molecule has 2 aromatic heterocycles. The lowest BCUT2D eigenvalue weighted by molar-refractivity contribution is 0.487. The number of anilines is 1. The molecule has 1 saturated carbocycles. The van der Waals surface area contributed by atoms with Crippen molar-refractivity contribution in [3.63, 3.8) is 0 Å². The average Bonchev–Trinajstić information content (AvgIpc) is 3.33. The van der Waals surface area contributed by atoms with Crippen molar-refractivity contribution >= 4 is 11.2 Å². The van der Waals surface area contributed by atoms with E-state index in [2.05, 4.69) is 0 Å². The number of nitrogens with two attached hydrogens (primary N) is 2. The van der Waals surface area contributed by atoms with Gasteiger partial charge in [0.15, 0.2) is 5.82 Å². The van der Waals surface area contributed by atoms with Crippen molar-refractivity contribution in [3.05, 3.63) is 43.5 Å². The van der Waals surface area contributed by atoms with Crippen LogP contribution in [0, 0.1) is 25.6 Å². The van der Waals surface area contributed by atoms with Crippen molar-refractivity contribution < 1.29 is 4.39 Å². The fourth-order valence-corrected chi connectivity index (χ4v) is 4.40. The quantitative estimate of drug-likeness (QED) is 0.780. The fraction of sp³-hybridized carbons (Fsp3) is 0.579. The summed E-state index contributed by atoms with van der Waals surface area (Å²) in [6, 6.07) is 0.0361. The van der Waals surface area contributed by atoms with E-state index < -0.39 is 17.1 Å². The Morgan fingerprint density at radius 1 is 1.19 bits per heavy atom. The molecule has 8 heteroatoms. The van der Waals surface area contributed by atoms with E-state index in [0.29, 0.717) is 46.0 Å². The van der Waals surface area contributed by atoms with Gasteiger partial charge >= 0.3 is 5.69 Å². The zero-order valence-corrected chi connectivity index (χ0v) is 16.0. The van der Waals surface area contributed by atoms with E-state index in [0.717, 1.165) is 19.3 Å². The lowest BCUT2D eigenvalue weighted by Gasteiger charge is -2.26. The molecule has 4 N–H and O–H groups in total. The molecule has 0 bridgehead atoms. The number of fused-ring (bicyclic) bond motifs is 1. The average molecular weight is 375 g/mol. The smallest absolute Gasteiger partial charge is 0.354 e. The van der Waals surface area contributed by atoms with Crippen molar-refractivity contribution in [2.24, 2.45) is 11.7 Å². The minimum atomic E-state index is -0.708. The second-order valence-electron chi connectivity index (χ2n) is 8.06. The number of rotatable bonds is 3. The van der Waals surface area contributed by atoms with Crippen LogP contribution in [0.15, 0.2) is 9.59 Å². The Balaban J connectivity index is 2.03. The number of nitrogen functional groups attached to an aromatic ring is 1. The van der Waals surface area contributed by atoms with Gasteiger partial charge in [-0.1, -0.05) is 0 Å². The van der Waals surface area contributed by atoms with E-state index in [-0.39, 0.29) is 17.7 Å². The van der Waals surface area contributed by atoms with Crippen LogP contribution in [0.5, 0.6) is 0 Å². The summed E-state index contributed by atoms with van der Waals surface area (Å²) < 4.78 is 17.2. The van der Waals surface area contributed by atoms with Crippen LogP contribution in [0.3, 0.4) is 0 Å². The number of hydrogen-bond acceptors (Lipinski definition) is 5. The molecule has 2 unspecified atom stereocenters. The topological polar surface area (TPSA) is 98.8 Å².